The van der Waals surface area contributed by atoms with Crippen LogP contribution in [0.25, 0.3) is 11.1 Å². The minimum atomic E-state index is -0.807. The van der Waals surface area contributed by atoms with Crippen LogP contribution >= 0.6 is 11.6 Å². The van der Waals surface area contributed by atoms with Crippen molar-refractivity contribution in [2.24, 2.45) is 7.05 Å². The first-order valence-electron chi connectivity index (χ1n) is 10.8. The topological polar surface area (TPSA) is 110 Å². The van der Waals surface area contributed by atoms with Crippen molar-refractivity contribution >= 4 is 28.6 Å². The lowest BCUT2D eigenvalue weighted by atomic mass is 10.2. The van der Waals surface area contributed by atoms with E-state index in [4.69, 9.17) is 20.4 Å². The van der Waals surface area contributed by atoms with Crippen molar-refractivity contribution < 1.29 is 18.7 Å². The number of aromatic nitrogens is 1. The van der Waals surface area contributed by atoms with Gasteiger partial charge in [0.1, 0.15) is 28.9 Å². The molecule has 1 atom stereocenters. The second-order valence-corrected chi connectivity index (χ2v) is 8.69. The Labute approximate surface area is 201 Å². The summed E-state index contributed by atoms with van der Waals surface area (Å²) in [6.07, 6.45) is 0.660. The Morgan fingerprint density at radius 2 is 1.88 bits per heavy atom. The van der Waals surface area contributed by atoms with E-state index in [1.807, 2.05) is 32.0 Å². The molecule has 3 N–H and O–H groups in total. The van der Waals surface area contributed by atoms with E-state index in [9.17, 15) is 14.7 Å². The zero-order valence-electron chi connectivity index (χ0n) is 19.1. The summed E-state index contributed by atoms with van der Waals surface area (Å²) in [5.74, 6) is 1.32. The maximum absolute atomic E-state index is 13.0. The second kappa shape index (κ2) is 9.89. The highest BCUT2D eigenvalue weighted by Crippen LogP contribution is 2.20. The molecule has 4 aromatic rings. The third kappa shape index (κ3) is 5.09. The van der Waals surface area contributed by atoms with Gasteiger partial charge in [-0.2, -0.15) is 0 Å². The Balaban J connectivity index is 1.44. The van der Waals surface area contributed by atoms with Gasteiger partial charge in [-0.05, 0) is 49.2 Å². The fourth-order valence-corrected chi connectivity index (χ4v) is 3.77. The van der Waals surface area contributed by atoms with Gasteiger partial charge in [0.2, 0.25) is 11.1 Å². The summed E-state index contributed by atoms with van der Waals surface area (Å²) >= 11 is 5.89. The van der Waals surface area contributed by atoms with Crippen LogP contribution in [0.5, 0.6) is 0 Å². The number of pyridine rings is 1. The first-order chi connectivity index (χ1) is 16.2. The summed E-state index contributed by atoms with van der Waals surface area (Å²) in [6, 6.07) is 10.5. The van der Waals surface area contributed by atoms with E-state index in [-0.39, 0.29) is 18.7 Å². The van der Waals surface area contributed by atoms with Gasteiger partial charge in [-0.3, -0.25) is 9.59 Å². The number of furan rings is 2. The molecule has 0 aliphatic carbocycles. The van der Waals surface area contributed by atoms with E-state index >= 15 is 0 Å². The first-order valence-corrected chi connectivity index (χ1v) is 11.2. The molecule has 4 rings (SSSR count). The average molecular weight is 484 g/mol. The number of rotatable bonds is 8. The first kappa shape index (κ1) is 23.8. The summed E-state index contributed by atoms with van der Waals surface area (Å²) in [7, 11) is 1.71. The summed E-state index contributed by atoms with van der Waals surface area (Å²) < 4.78 is 13.0. The maximum atomic E-state index is 13.0. The van der Waals surface area contributed by atoms with Crippen molar-refractivity contribution in [1.29, 1.82) is 0 Å². The minimum absolute atomic E-state index is 0.0308. The highest BCUT2D eigenvalue weighted by molar-refractivity contribution is 6.30. The number of carbonyl (C=O) groups excluding carboxylic acids is 1. The quantitative estimate of drug-likeness (QED) is 0.352. The molecule has 0 saturated carbocycles. The number of halogens is 1. The molecule has 0 bridgehead atoms. The highest BCUT2D eigenvalue weighted by Gasteiger charge is 2.18. The number of aliphatic hydroxyl groups is 1. The molecule has 0 fully saturated rings. The van der Waals surface area contributed by atoms with E-state index in [2.05, 4.69) is 10.6 Å². The van der Waals surface area contributed by atoms with Gasteiger partial charge in [0.25, 0.3) is 5.91 Å². The second-order valence-electron chi connectivity index (χ2n) is 8.26. The molecular formula is C25H26ClN3O5. The monoisotopic (exact) mass is 483 g/mol. The van der Waals surface area contributed by atoms with Crippen molar-refractivity contribution in [3.05, 3.63) is 91.8 Å². The summed E-state index contributed by atoms with van der Waals surface area (Å²) in [5, 5.41) is 17.1. The number of nitrogens with zero attached hydrogens (tertiary/aromatic N) is 1. The van der Waals surface area contributed by atoms with E-state index in [1.54, 1.807) is 29.8 Å². The highest BCUT2D eigenvalue weighted by atomic mass is 35.5. The molecule has 9 heteroatoms. The largest absolute Gasteiger partial charge is 0.463 e. The summed E-state index contributed by atoms with van der Waals surface area (Å²) in [5.41, 5.74) is 1.85. The number of carbonyl (C=O) groups is 1. The zero-order chi connectivity index (χ0) is 24.4. The van der Waals surface area contributed by atoms with E-state index in [0.29, 0.717) is 34.2 Å². The number of fused-ring (bicyclic) bond motifs is 1. The molecule has 34 heavy (non-hydrogen) atoms. The fraction of sp³-hybridized carbons (Fsp3) is 0.280. The number of hydrogen-bond acceptors (Lipinski definition) is 6. The predicted octanol–water partition coefficient (Wildman–Crippen LogP) is 3.75. The van der Waals surface area contributed by atoms with Gasteiger partial charge in [-0.25, -0.2) is 0 Å². The molecule has 178 valence electrons. The Hall–Kier alpha value is -3.33. The lowest BCUT2D eigenvalue weighted by molar-refractivity contribution is 0.0949. The van der Waals surface area contributed by atoms with Crippen LogP contribution in [0.2, 0.25) is 5.02 Å². The number of aryl methyl sites for hydroxylation is 3. The van der Waals surface area contributed by atoms with Gasteiger partial charge < -0.3 is 29.1 Å². The van der Waals surface area contributed by atoms with E-state index < -0.39 is 17.4 Å². The molecule has 8 nitrogen and oxygen atoms in total. The van der Waals surface area contributed by atoms with E-state index in [0.717, 1.165) is 16.9 Å². The molecule has 1 aromatic carbocycles. The van der Waals surface area contributed by atoms with Crippen LogP contribution in [-0.2, 0) is 20.1 Å². The lowest BCUT2D eigenvalue weighted by Gasteiger charge is -2.08. The smallest absolute Gasteiger partial charge is 0.257 e. The number of aliphatic hydroxyl groups excluding tert-OH is 1. The molecule has 3 aromatic heterocycles. The minimum Gasteiger partial charge on any atom is -0.463 e. The Morgan fingerprint density at radius 3 is 2.56 bits per heavy atom. The van der Waals surface area contributed by atoms with Gasteiger partial charge in [0.15, 0.2) is 0 Å². The molecule has 0 aliphatic heterocycles. The Morgan fingerprint density at radius 1 is 1.15 bits per heavy atom. The molecule has 0 spiro atoms. The maximum Gasteiger partial charge on any atom is 0.257 e. The third-order valence-corrected chi connectivity index (χ3v) is 5.91. The van der Waals surface area contributed by atoms with Gasteiger partial charge >= 0.3 is 0 Å². The van der Waals surface area contributed by atoms with Crippen molar-refractivity contribution in [2.75, 3.05) is 6.54 Å². The zero-order valence-corrected chi connectivity index (χ0v) is 19.9. The normalized spacial score (nSPS) is 12.3. The average Bonchev–Trinajstić information content (AvgIpc) is 3.39. The van der Waals surface area contributed by atoms with Crippen LogP contribution < -0.4 is 16.1 Å². The molecule has 1 amide bonds. The van der Waals surface area contributed by atoms with Crippen molar-refractivity contribution in [1.82, 2.24) is 15.2 Å². The van der Waals surface area contributed by atoms with Crippen molar-refractivity contribution in [3.8, 4) is 0 Å². The third-order valence-electron chi connectivity index (χ3n) is 5.66. The van der Waals surface area contributed by atoms with Gasteiger partial charge in [-0.1, -0.05) is 23.7 Å². The van der Waals surface area contributed by atoms with Crippen molar-refractivity contribution in [2.45, 2.75) is 33.0 Å². The number of hydrogen-bond donors (Lipinski definition) is 3. The molecule has 1 unspecified atom stereocenters. The Bertz CT molecular complexity index is 1360. The number of amides is 1. The van der Waals surface area contributed by atoms with Gasteiger partial charge in [-0.15, -0.1) is 0 Å². The summed E-state index contributed by atoms with van der Waals surface area (Å²) in [6.45, 7) is 4.58. The molecule has 0 saturated heterocycles. The predicted molar refractivity (Wildman–Crippen MR) is 129 cm³/mol. The fourth-order valence-electron chi connectivity index (χ4n) is 3.64. The van der Waals surface area contributed by atoms with Crippen LogP contribution in [-0.4, -0.2) is 22.1 Å². The van der Waals surface area contributed by atoms with Crippen LogP contribution in [0, 0.1) is 13.8 Å². The molecule has 0 aliphatic rings. The molecule has 0 radical (unpaired) electrons. The standard InChI is InChI=1S/C25H26ClN3O5/c1-14-8-22(33-15(14)2)21(30)12-27-11-18-9-19-23(31)20(13-29(3)25(19)34-18)24(32)28-10-16-4-6-17(26)7-5-16/h4-9,13,21,27,30H,10-12H2,1-3H3,(H,28,32). The lowest BCUT2D eigenvalue weighted by Crippen LogP contribution is -2.29. The van der Waals surface area contributed by atoms with Crippen molar-refractivity contribution in [3.63, 3.8) is 0 Å². The molecular weight excluding hydrogens is 458 g/mol. The molecule has 3 heterocycles. The van der Waals surface area contributed by atoms with Gasteiger partial charge in [0.05, 0.1) is 11.9 Å². The number of nitrogens with one attached hydrogen (secondary N) is 2. The van der Waals surface area contributed by atoms with Crippen LogP contribution in [0.1, 0.15) is 44.9 Å². The van der Waals surface area contributed by atoms with E-state index in [1.165, 1.54) is 6.20 Å². The van der Waals surface area contributed by atoms with Crippen LogP contribution in [0.3, 0.4) is 0 Å². The van der Waals surface area contributed by atoms with Gasteiger partial charge in [0, 0.05) is 31.4 Å². The SMILES string of the molecule is Cc1cc(C(O)CNCc2cc3c(=O)c(C(=O)NCc4ccc(Cl)cc4)cn(C)c3o2)oc1C. The van der Waals surface area contributed by atoms with Crippen LogP contribution in [0.4, 0.5) is 0 Å². The summed E-state index contributed by atoms with van der Waals surface area (Å²) in [4.78, 5) is 25.7. The number of benzene rings is 1. The Kier molecular flexibility index (Phi) is 6.92. The van der Waals surface area contributed by atoms with Crippen LogP contribution in [0.15, 0.2) is 56.2 Å².